The van der Waals surface area contributed by atoms with Gasteiger partial charge in [-0.3, -0.25) is 4.79 Å². The largest absolute Gasteiger partial charge is 0.352 e. The van der Waals surface area contributed by atoms with E-state index in [2.05, 4.69) is 5.32 Å². The van der Waals surface area contributed by atoms with Crippen molar-refractivity contribution in [1.82, 2.24) is 5.32 Å². The lowest BCUT2D eigenvalue weighted by atomic mass is 10.1. The summed E-state index contributed by atoms with van der Waals surface area (Å²) in [5, 5.41) is 2.83. The fourth-order valence-corrected chi connectivity index (χ4v) is 3.88. The molecule has 0 radical (unpaired) electrons. The van der Waals surface area contributed by atoms with Crippen LogP contribution in [-0.2, 0) is 9.05 Å². The fraction of sp³-hybridized carbons (Fsp3) is 0.462. The average molecular weight is 336 g/mol. The first-order valence-electron chi connectivity index (χ1n) is 6.40. The van der Waals surface area contributed by atoms with E-state index in [-0.39, 0.29) is 21.4 Å². The van der Waals surface area contributed by atoms with E-state index in [1.807, 2.05) is 0 Å². The molecule has 1 fully saturated rings. The van der Waals surface area contributed by atoms with Crippen molar-refractivity contribution in [2.45, 2.75) is 30.6 Å². The molecule has 1 aromatic rings. The van der Waals surface area contributed by atoms with Crippen LogP contribution >= 0.6 is 22.3 Å². The Labute approximate surface area is 127 Å². The van der Waals surface area contributed by atoms with Gasteiger partial charge in [-0.2, -0.15) is 0 Å². The van der Waals surface area contributed by atoms with Crippen molar-refractivity contribution in [3.8, 4) is 0 Å². The molecule has 7 heteroatoms. The van der Waals surface area contributed by atoms with Gasteiger partial charge in [-0.1, -0.05) is 24.4 Å². The fourth-order valence-electron chi connectivity index (χ4n) is 2.39. The lowest BCUT2D eigenvalue weighted by Crippen LogP contribution is -2.28. The van der Waals surface area contributed by atoms with Crippen LogP contribution in [0.1, 0.15) is 36.0 Å². The molecule has 1 aliphatic carbocycles. The van der Waals surface area contributed by atoms with E-state index in [1.54, 1.807) is 0 Å². The molecule has 1 aromatic carbocycles. The maximum absolute atomic E-state index is 12.0. The zero-order valence-electron chi connectivity index (χ0n) is 10.7. The highest BCUT2D eigenvalue weighted by atomic mass is 35.7. The first-order valence-corrected chi connectivity index (χ1v) is 9.09. The third-order valence-electron chi connectivity index (χ3n) is 3.48. The van der Waals surface area contributed by atoms with Crippen LogP contribution in [0.2, 0.25) is 5.02 Å². The van der Waals surface area contributed by atoms with Crippen LogP contribution in [-0.4, -0.2) is 20.9 Å². The molecular formula is C13H15Cl2NO3S. The summed E-state index contributed by atoms with van der Waals surface area (Å²) in [6.45, 7) is 0.615. The van der Waals surface area contributed by atoms with Gasteiger partial charge in [0.15, 0.2) is 0 Å². The molecule has 1 N–H and O–H groups in total. The Morgan fingerprint density at radius 1 is 1.30 bits per heavy atom. The molecule has 2 rings (SSSR count). The van der Waals surface area contributed by atoms with Gasteiger partial charge in [0, 0.05) is 22.8 Å². The van der Waals surface area contributed by atoms with E-state index in [0.717, 1.165) is 12.8 Å². The highest BCUT2D eigenvalue weighted by molar-refractivity contribution is 8.13. The highest BCUT2D eigenvalue weighted by Gasteiger charge is 2.19. The quantitative estimate of drug-likeness (QED) is 0.859. The van der Waals surface area contributed by atoms with Gasteiger partial charge < -0.3 is 5.32 Å². The molecule has 0 saturated heterocycles. The van der Waals surface area contributed by atoms with Crippen LogP contribution in [0.25, 0.3) is 0 Å². The molecule has 0 unspecified atom stereocenters. The van der Waals surface area contributed by atoms with Crippen molar-refractivity contribution in [1.29, 1.82) is 0 Å². The molecule has 0 aromatic heterocycles. The first-order chi connectivity index (χ1) is 9.38. The maximum atomic E-state index is 12.0. The number of hydrogen-bond donors (Lipinski definition) is 1. The molecule has 0 bridgehead atoms. The molecular weight excluding hydrogens is 321 g/mol. The van der Waals surface area contributed by atoms with E-state index < -0.39 is 9.05 Å². The molecule has 1 aliphatic rings. The molecule has 0 heterocycles. The van der Waals surface area contributed by atoms with Crippen LogP contribution < -0.4 is 5.32 Å². The van der Waals surface area contributed by atoms with Crippen molar-refractivity contribution >= 4 is 37.2 Å². The number of amides is 1. The Hall–Kier alpha value is -0.780. The van der Waals surface area contributed by atoms with Gasteiger partial charge in [0.2, 0.25) is 0 Å². The van der Waals surface area contributed by atoms with Gasteiger partial charge in [-0.25, -0.2) is 8.42 Å². The van der Waals surface area contributed by atoms with Gasteiger partial charge in [-0.05, 0) is 37.0 Å². The number of hydrogen-bond acceptors (Lipinski definition) is 3. The second kappa shape index (κ2) is 6.33. The molecule has 1 saturated carbocycles. The maximum Gasteiger partial charge on any atom is 0.262 e. The van der Waals surface area contributed by atoms with Gasteiger partial charge >= 0.3 is 0 Å². The van der Waals surface area contributed by atoms with Crippen LogP contribution in [0.15, 0.2) is 23.1 Å². The smallest absolute Gasteiger partial charge is 0.262 e. The van der Waals surface area contributed by atoms with Crippen LogP contribution in [0, 0.1) is 5.92 Å². The predicted molar refractivity (Wildman–Crippen MR) is 78.8 cm³/mol. The van der Waals surface area contributed by atoms with Crippen molar-refractivity contribution in [2.24, 2.45) is 5.92 Å². The summed E-state index contributed by atoms with van der Waals surface area (Å²) < 4.78 is 22.7. The van der Waals surface area contributed by atoms with Crippen LogP contribution in [0.3, 0.4) is 0 Å². The average Bonchev–Trinajstić information content (AvgIpc) is 2.88. The molecule has 4 nitrogen and oxygen atoms in total. The number of nitrogens with one attached hydrogen (secondary N) is 1. The summed E-state index contributed by atoms with van der Waals surface area (Å²) in [6.07, 6.45) is 4.66. The lowest BCUT2D eigenvalue weighted by Gasteiger charge is -2.11. The molecule has 0 aliphatic heterocycles. The van der Waals surface area contributed by atoms with Gasteiger partial charge in [0.05, 0.1) is 5.02 Å². The standard InChI is InChI=1S/C13H15Cl2NO3S/c14-11-6-5-10(7-12(11)20(15,18)19)13(17)16-8-9-3-1-2-4-9/h5-7,9H,1-4,8H2,(H,16,17). The van der Waals surface area contributed by atoms with Crippen LogP contribution in [0.5, 0.6) is 0 Å². The zero-order chi connectivity index (χ0) is 14.8. The van der Waals surface area contributed by atoms with E-state index in [4.69, 9.17) is 22.3 Å². The Bertz CT molecular complexity index is 610. The number of carbonyl (C=O) groups is 1. The summed E-state index contributed by atoms with van der Waals surface area (Å²) in [4.78, 5) is 11.8. The zero-order valence-corrected chi connectivity index (χ0v) is 13.1. The minimum atomic E-state index is -3.96. The Balaban J connectivity index is 2.10. The monoisotopic (exact) mass is 335 g/mol. The first kappa shape index (κ1) is 15.6. The third kappa shape index (κ3) is 3.87. The Morgan fingerprint density at radius 2 is 1.95 bits per heavy atom. The number of halogens is 2. The van der Waals surface area contributed by atoms with Gasteiger partial charge in [0.1, 0.15) is 4.90 Å². The lowest BCUT2D eigenvalue weighted by molar-refractivity contribution is 0.0947. The Kier molecular flexibility index (Phi) is 4.94. The summed E-state index contributed by atoms with van der Waals surface area (Å²) in [5.41, 5.74) is 0.242. The highest BCUT2D eigenvalue weighted by Crippen LogP contribution is 2.26. The van der Waals surface area contributed by atoms with Crippen LogP contribution in [0.4, 0.5) is 0 Å². The van der Waals surface area contributed by atoms with Gasteiger partial charge in [0.25, 0.3) is 15.0 Å². The van der Waals surface area contributed by atoms with E-state index in [9.17, 15) is 13.2 Å². The predicted octanol–water partition coefficient (Wildman–Crippen LogP) is 3.19. The normalized spacial score (nSPS) is 16.3. The summed E-state index contributed by atoms with van der Waals surface area (Å²) in [6, 6.07) is 4.05. The molecule has 110 valence electrons. The van der Waals surface area contributed by atoms with E-state index in [0.29, 0.717) is 12.5 Å². The van der Waals surface area contributed by atoms with Crippen molar-refractivity contribution in [3.63, 3.8) is 0 Å². The van der Waals surface area contributed by atoms with E-state index >= 15 is 0 Å². The molecule has 20 heavy (non-hydrogen) atoms. The topological polar surface area (TPSA) is 63.2 Å². The summed E-state index contributed by atoms with van der Waals surface area (Å²) >= 11 is 5.77. The van der Waals surface area contributed by atoms with E-state index in [1.165, 1.54) is 31.0 Å². The third-order valence-corrected chi connectivity index (χ3v) is 5.29. The SMILES string of the molecule is O=C(NCC1CCCC1)c1ccc(Cl)c(S(=O)(=O)Cl)c1. The van der Waals surface area contributed by atoms with Crippen molar-refractivity contribution in [3.05, 3.63) is 28.8 Å². The molecule has 0 spiro atoms. The number of rotatable bonds is 4. The molecule has 1 amide bonds. The minimum Gasteiger partial charge on any atom is -0.352 e. The number of carbonyl (C=O) groups excluding carboxylic acids is 1. The summed E-state index contributed by atoms with van der Waals surface area (Å²) in [7, 11) is 1.32. The van der Waals surface area contributed by atoms with Gasteiger partial charge in [-0.15, -0.1) is 0 Å². The van der Waals surface area contributed by atoms with Crippen molar-refractivity contribution in [2.75, 3.05) is 6.54 Å². The molecule has 0 atom stereocenters. The second-order valence-corrected chi connectivity index (χ2v) is 7.89. The summed E-state index contributed by atoms with van der Waals surface area (Å²) in [5.74, 6) is 0.206. The Morgan fingerprint density at radius 3 is 2.55 bits per heavy atom. The number of benzene rings is 1. The second-order valence-electron chi connectivity index (χ2n) is 4.94. The minimum absolute atomic E-state index is 0.00680. The van der Waals surface area contributed by atoms with Crippen molar-refractivity contribution < 1.29 is 13.2 Å².